The second-order valence-corrected chi connectivity index (χ2v) is 5.60. The minimum Gasteiger partial charge on any atom is -0.468 e. The van der Waals surface area contributed by atoms with Crippen molar-refractivity contribution in [2.24, 2.45) is 11.8 Å². The molecule has 6 heteroatoms. The van der Waals surface area contributed by atoms with Crippen LogP contribution in [0.25, 0.3) is 0 Å². The van der Waals surface area contributed by atoms with Crippen molar-refractivity contribution in [2.75, 3.05) is 14.2 Å². The minimum atomic E-state index is -0.917. The van der Waals surface area contributed by atoms with Gasteiger partial charge in [0.05, 0.1) is 19.8 Å². The minimum absolute atomic E-state index is 0.0868. The zero-order valence-electron chi connectivity index (χ0n) is 12.2. The van der Waals surface area contributed by atoms with Crippen molar-refractivity contribution in [3.8, 4) is 0 Å². The number of methoxy groups -OCH3 is 2. The van der Waals surface area contributed by atoms with Gasteiger partial charge in [0.25, 0.3) is 0 Å². The molecule has 0 unspecified atom stereocenters. The van der Waals surface area contributed by atoms with Crippen LogP contribution in [0.1, 0.15) is 33.6 Å². The van der Waals surface area contributed by atoms with Crippen LogP contribution < -0.4 is 5.48 Å². The van der Waals surface area contributed by atoms with Gasteiger partial charge in [-0.2, -0.15) is 5.48 Å². The van der Waals surface area contributed by atoms with Gasteiger partial charge in [-0.05, 0) is 32.6 Å². The SMILES string of the molecule is COC(=O)C(C[C@@H]1NOC(C)(C)C[C@H]1C)C(=O)OC. The standard InChI is InChI=1S/C13H23NO5/c1-8-7-13(2,3)19-14-10(8)6-9(11(15)17-4)12(16)18-5/h8-10,14H,6-7H2,1-5H3/t8-,10+/m1/s1. The number of hydroxylamine groups is 1. The number of hydrogen-bond donors (Lipinski definition) is 1. The monoisotopic (exact) mass is 273 g/mol. The predicted molar refractivity (Wildman–Crippen MR) is 68.0 cm³/mol. The molecule has 2 atom stereocenters. The summed E-state index contributed by atoms with van der Waals surface area (Å²) in [5.41, 5.74) is 2.68. The van der Waals surface area contributed by atoms with Crippen LogP contribution in [0.15, 0.2) is 0 Å². The van der Waals surface area contributed by atoms with Crippen LogP contribution in [-0.4, -0.2) is 37.8 Å². The fraction of sp³-hybridized carbons (Fsp3) is 0.846. The molecule has 1 aliphatic rings. The number of nitrogens with one attached hydrogen (secondary N) is 1. The molecule has 1 fully saturated rings. The van der Waals surface area contributed by atoms with Crippen molar-refractivity contribution in [1.82, 2.24) is 5.48 Å². The molecular weight excluding hydrogens is 250 g/mol. The third kappa shape index (κ3) is 4.18. The zero-order valence-corrected chi connectivity index (χ0v) is 12.2. The molecule has 110 valence electrons. The summed E-state index contributed by atoms with van der Waals surface area (Å²) in [6.07, 6.45) is 1.15. The Balaban J connectivity index is 2.70. The first kappa shape index (κ1) is 15.9. The largest absolute Gasteiger partial charge is 0.468 e. The van der Waals surface area contributed by atoms with Crippen LogP contribution in [0.3, 0.4) is 0 Å². The van der Waals surface area contributed by atoms with Crippen molar-refractivity contribution in [3.63, 3.8) is 0 Å². The number of esters is 2. The van der Waals surface area contributed by atoms with Crippen molar-refractivity contribution < 1.29 is 23.9 Å². The van der Waals surface area contributed by atoms with E-state index in [0.717, 1.165) is 6.42 Å². The molecule has 1 N–H and O–H groups in total. The Morgan fingerprint density at radius 2 is 1.84 bits per heavy atom. The zero-order chi connectivity index (χ0) is 14.6. The van der Waals surface area contributed by atoms with Crippen LogP contribution >= 0.6 is 0 Å². The van der Waals surface area contributed by atoms with Crippen LogP contribution in [0, 0.1) is 11.8 Å². The molecule has 0 spiro atoms. The fourth-order valence-corrected chi connectivity index (χ4v) is 2.42. The summed E-state index contributed by atoms with van der Waals surface area (Å²) in [7, 11) is 2.52. The molecule has 1 aliphatic heterocycles. The molecule has 0 aliphatic carbocycles. The normalized spacial score (nSPS) is 26.0. The Hall–Kier alpha value is -1.14. The summed E-state index contributed by atoms with van der Waals surface area (Å²) in [5, 5.41) is 0. The van der Waals surface area contributed by atoms with E-state index in [-0.39, 0.29) is 17.6 Å². The van der Waals surface area contributed by atoms with Gasteiger partial charge in [-0.1, -0.05) is 6.92 Å². The molecule has 0 aromatic carbocycles. The van der Waals surface area contributed by atoms with Gasteiger partial charge in [0.2, 0.25) is 0 Å². The van der Waals surface area contributed by atoms with E-state index in [1.165, 1.54) is 14.2 Å². The van der Waals surface area contributed by atoms with Crippen LogP contribution in [-0.2, 0) is 23.9 Å². The average molecular weight is 273 g/mol. The van der Waals surface area contributed by atoms with Gasteiger partial charge in [0, 0.05) is 6.04 Å². The molecule has 19 heavy (non-hydrogen) atoms. The maximum atomic E-state index is 11.6. The summed E-state index contributed by atoms with van der Waals surface area (Å²) in [6, 6.07) is -0.0868. The maximum absolute atomic E-state index is 11.6. The second-order valence-electron chi connectivity index (χ2n) is 5.60. The highest BCUT2D eigenvalue weighted by Crippen LogP contribution is 2.30. The van der Waals surface area contributed by atoms with Gasteiger partial charge in [-0.3, -0.25) is 14.4 Å². The lowest BCUT2D eigenvalue weighted by atomic mass is 9.84. The van der Waals surface area contributed by atoms with Gasteiger partial charge in [0.15, 0.2) is 5.92 Å². The quantitative estimate of drug-likeness (QED) is 0.609. The summed E-state index contributed by atoms with van der Waals surface area (Å²) in [6.45, 7) is 6.04. The van der Waals surface area contributed by atoms with Crippen LogP contribution in [0.4, 0.5) is 0 Å². The first-order valence-electron chi connectivity index (χ1n) is 6.40. The first-order chi connectivity index (χ1) is 8.80. The van der Waals surface area contributed by atoms with Crippen molar-refractivity contribution in [1.29, 1.82) is 0 Å². The van der Waals surface area contributed by atoms with Crippen molar-refractivity contribution in [2.45, 2.75) is 45.3 Å². The van der Waals surface area contributed by atoms with Gasteiger partial charge in [0.1, 0.15) is 0 Å². The fourth-order valence-electron chi connectivity index (χ4n) is 2.42. The van der Waals surface area contributed by atoms with E-state index in [4.69, 9.17) is 4.84 Å². The number of hydrogen-bond acceptors (Lipinski definition) is 6. The Morgan fingerprint density at radius 3 is 2.26 bits per heavy atom. The molecular formula is C13H23NO5. The smallest absolute Gasteiger partial charge is 0.320 e. The van der Waals surface area contributed by atoms with E-state index in [9.17, 15) is 9.59 Å². The summed E-state index contributed by atoms with van der Waals surface area (Å²) in [5.74, 6) is -1.79. The summed E-state index contributed by atoms with van der Waals surface area (Å²) >= 11 is 0. The molecule has 0 aromatic heterocycles. The van der Waals surface area contributed by atoms with Gasteiger partial charge in [-0.25, -0.2) is 0 Å². The van der Waals surface area contributed by atoms with E-state index in [1.807, 2.05) is 13.8 Å². The van der Waals surface area contributed by atoms with Crippen LogP contribution in [0.2, 0.25) is 0 Å². The Labute approximate surface area is 113 Å². The van der Waals surface area contributed by atoms with Crippen LogP contribution in [0.5, 0.6) is 0 Å². The number of carbonyl (C=O) groups is 2. The molecule has 0 radical (unpaired) electrons. The van der Waals surface area contributed by atoms with Gasteiger partial charge in [-0.15, -0.1) is 0 Å². The lowest BCUT2D eigenvalue weighted by Crippen LogP contribution is -2.51. The maximum Gasteiger partial charge on any atom is 0.320 e. The third-order valence-electron chi connectivity index (χ3n) is 3.45. The molecule has 0 amide bonds. The van der Waals surface area contributed by atoms with E-state index >= 15 is 0 Å². The molecule has 6 nitrogen and oxygen atoms in total. The van der Waals surface area contributed by atoms with Gasteiger partial charge >= 0.3 is 11.9 Å². The van der Waals surface area contributed by atoms with Crippen molar-refractivity contribution >= 4 is 11.9 Å². The predicted octanol–water partition coefficient (Wildman–Crippen LogP) is 1.05. The van der Waals surface area contributed by atoms with E-state index in [0.29, 0.717) is 6.42 Å². The molecule has 1 heterocycles. The van der Waals surface area contributed by atoms with Gasteiger partial charge < -0.3 is 9.47 Å². The molecule has 1 rings (SSSR count). The molecule has 1 saturated heterocycles. The lowest BCUT2D eigenvalue weighted by Gasteiger charge is -2.40. The van der Waals surface area contributed by atoms with E-state index in [1.54, 1.807) is 0 Å². The highest BCUT2D eigenvalue weighted by molar-refractivity contribution is 5.94. The Bertz CT molecular complexity index is 326. The average Bonchev–Trinajstić information content (AvgIpc) is 2.35. The first-order valence-corrected chi connectivity index (χ1v) is 6.40. The highest BCUT2D eigenvalue weighted by Gasteiger charge is 2.38. The Morgan fingerprint density at radius 1 is 1.32 bits per heavy atom. The lowest BCUT2D eigenvalue weighted by molar-refractivity contribution is -0.168. The topological polar surface area (TPSA) is 73.9 Å². The summed E-state index contributed by atoms with van der Waals surface area (Å²) in [4.78, 5) is 28.8. The van der Waals surface area contributed by atoms with E-state index in [2.05, 4.69) is 21.9 Å². The summed E-state index contributed by atoms with van der Waals surface area (Å²) < 4.78 is 9.29. The number of carbonyl (C=O) groups excluding carboxylic acids is 2. The highest BCUT2D eigenvalue weighted by atomic mass is 16.7. The molecule has 0 bridgehead atoms. The molecule has 0 saturated carbocycles. The van der Waals surface area contributed by atoms with E-state index < -0.39 is 17.9 Å². The third-order valence-corrected chi connectivity index (χ3v) is 3.45. The molecule has 0 aromatic rings. The van der Waals surface area contributed by atoms with Crippen molar-refractivity contribution in [3.05, 3.63) is 0 Å². The number of rotatable bonds is 4. The second kappa shape index (κ2) is 6.34. The Kier molecular flexibility index (Phi) is 5.31. The number of ether oxygens (including phenoxy) is 2.